The number of benzene rings is 2. The third-order valence-corrected chi connectivity index (χ3v) is 6.52. The van der Waals surface area contributed by atoms with Gasteiger partial charge in [-0.3, -0.25) is 19.5 Å². The van der Waals surface area contributed by atoms with E-state index in [9.17, 15) is 14.9 Å². The van der Waals surface area contributed by atoms with Gasteiger partial charge in [0.25, 0.3) is 0 Å². The van der Waals surface area contributed by atoms with Crippen LogP contribution in [0, 0.1) is 10.1 Å². The molecule has 5 aromatic rings. The molecule has 0 saturated carbocycles. The molecule has 0 saturated heterocycles. The summed E-state index contributed by atoms with van der Waals surface area (Å²) < 4.78 is 1.90. The van der Waals surface area contributed by atoms with Crippen LogP contribution in [0.15, 0.2) is 72.1 Å². The normalized spacial score (nSPS) is 11.0. The zero-order valence-corrected chi connectivity index (χ0v) is 18.5. The van der Waals surface area contributed by atoms with Gasteiger partial charge < -0.3 is 10.3 Å². The second kappa shape index (κ2) is 8.84. The largest absolute Gasteiger partial charge is 0.360 e. The Labute approximate surface area is 194 Å². The molecule has 10 nitrogen and oxygen atoms in total. The number of fused-ring (bicyclic) bond motifs is 1. The first kappa shape index (κ1) is 20.8. The fraction of sp³-hybridized carbons (Fsp3) is 0.0476. The van der Waals surface area contributed by atoms with Crippen LogP contribution in [-0.4, -0.2) is 41.3 Å². The van der Waals surface area contributed by atoms with E-state index in [2.05, 4.69) is 25.5 Å². The fourth-order valence-electron chi connectivity index (χ4n) is 3.30. The number of anilines is 1. The van der Waals surface area contributed by atoms with Crippen molar-refractivity contribution in [3.63, 3.8) is 0 Å². The predicted octanol–water partition coefficient (Wildman–Crippen LogP) is 4.51. The van der Waals surface area contributed by atoms with Crippen molar-refractivity contribution >= 4 is 50.0 Å². The monoisotopic (exact) mass is 477 g/mol. The SMILES string of the molecule is O=C(CSc1nnc(-c2c[nH]c3ccccc23)n1-c1ccccc1)Nc1ncc([N+](=O)[O-])s1. The van der Waals surface area contributed by atoms with Crippen LogP contribution < -0.4 is 5.32 Å². The van der Waals surface area contributed by atoms with Crippen LogP contribution in [-0.2, 0) is 4.79 Å². The lowest BCUT2D eigenvalue weighted by atomic mass is 10.1. The van der Waals surface area contributed by atoms with Crippen LogP contribution in [0.3, 0.4) is 0 Å². The highest BCUT2D eigenvalue weighted by Crippen LogP contribution is 2.32. The Kier molecular flexibility index (Phi) is 5.59. The van der Waals surface area contributed by atoms with Crippen molar-refractivity contribution in [2.75, 3.05) is 11.1 Å². The van der Waals surface area contributed by atoms with Crippen molar-refractivity contribution in [2.45, 2.75) is 5.16 Å². The molecule has 0 unspecified atom stereocenters. The number of carbonyl (C=O) groups is 1. The number of nitrogens with zero attached hydrogens (tertiary/aromatic N) is 5. The lowest BCUT2D eigenvalue weighted by Crippen LogP contribution is -2.14. The number of thioether (sulfide) groups is 1. The summed E-state index contributed by atoms with van der Waals surface area (Å²) >= 11 is 2.02. The highest BCUT2D eigenvalue weighted by molar-refractivity contribution is 7.99. The molecule has 3 aromatic heterocycles. The number of aromatic nitrogens is 5. The van der Waals surface area contributed by atoms with Crippen LogP contribution in [0.4, 0.5) is 10.1 Å². The summed E-state index contributed by atoms with van der Waals surface area (Å²) in [5.41, 5.74) is 2.75. The summed E-state index contributed by atoms with van der Waals surface area (Å²) in [5.74, 6) is 0.337. The molecule has 0 aliphatic rings. The molecular weight excluding hydrogens is 462 g/mol. The summed E-state index contributed by atoms with van der Waals surface area (Å²) in [6.07, 6.45) is 3.01. The second-order valence-corrected chi connectivity index (χ2v) is 8.77. The molecule has 2 aromatic carbocycles. The maximum Gasteiger partial charge on any atom is 0.345 e. The van der Waals surface area contributed by atoms with Crippen LogP contribution in [0.1, 0.15) is 0 Å². The topological polar surface area (TPSA) is 132 Å². The van der Waals surface area contributed by atoms with E-state index in [1.165, 1.54) is 11.8 Å². The molecule has 33 heavy (non-hydrogen) atoms. The van der Waals surface area contributed by atoms with Gasteiger partial charge >= 0.3 is 5.00 Å². The van der Waals surface area contributed by atoms with Gasteiger partial charge in [-0.25, -0.2) is 4.98 Å². The minimum Gasteiger partial charge on any atom is -0.360 e. The molecule has 2 N–H and O–H groups in total. The average molecular weight is 478 g/mol. The third kappa shape index (κ3) is 4.21. The summed E-state index contributed by atoms with van der Waals surface area (Å²) in [5, 5.41) is 23.8. The number of hydrogen-bond acceptors (Lipinski definition) is 8. The molecular formula is C21H15N7O3S2. The van der Waals surface area contributed by atoms with Crippen molar-refractivity contribution in [2.24, 2.45) is 0 Å². The molecule has 0 aliphatic heterocycles. The van der Waals surface area contributed by atoms with E-state index in [0.717, 1.165) is 39.7 Å². The van der Waals surface area contributed by atoms with E-state index in [1.807, 2.05) is 65.4 Å². The number of nitro groups is 1. The number of hydrogen-bond donors (Lipinski definition) is 2. The van der Waals surface area contributed by atoms with Gasteiger partial charge in [0.05, 0.1) is 10.7 Å². The first-order chi connectivity index (χ1) is 16.1. The maximum absolute atomic E-state index is 12.4. The molecule has 0 aliphatic carbocycles. The quantitative estimate of drug-likeness (QED) is 0.200. The minimum absolute atomic E-state index is 0.0340. The Morgan fingerprint density at radius 3 is 2.73 bits per heavy atom. The third-order valence-electron chi connectivity index (χ3n) is 4.73. The minimum atomic E-state index is -0.545. The van der Waals surface area contributed by atoms with E-state index >= 15 is 0 Å². The van der Waals surface area contributed by atoms with Gasteiger partial charge in [-0.2, -0.15) is 0 Å². The Morgan fingerprint density at radius 2 is 1.94 bits per heavy atom. The van der Waals surface area contributed by atoms with Gasteiger partial charge in [-0.15, -0.1) is 10.2 Å². The zero-order valence-electron chi connectivity index (χ0n) is 16.8. The molecule has 0 radical (unpaired) electrons. The number of nitrogens with one attached hydrogen (secondary N) is 2. The summed E-state index contributed by atoms with van der Waals surface area (Å²) in [6.45, 7) is 0. The maximum atomic E-state index is 12.4. The Balaban J connectivity index is 1.43. The van der Waals surface area contributed by atoms with Crippen LogP contribution in [0.5, 0.6) is 0 Å². The van der Waals surface area contributed by atoms with Gasteiger partial charge in [-0.1, -0.05) is 48.2 Å². The van der Waals surface area contributed by atoms with E-state index in [4.69, 9.17) is 0 Å². The van der Waals surface area contributed by atoms with Gasteiger partial charge in [0.1, 0.15) is 6.20 Å². The van der Waals surface area contributed by atoms with Crippen molar-refractivity contribution in [3.8, 4) is 17.1 Å². The van der Waals surface area contributed by atoms with Crippen molar-refractivity contribution in [1.29, 1.82) is 0 Å². The molecule has 0 fully saturated rings. The number of para-hydroxylation sites is 2. The van der Waals surface area contributed by atoms with Crippen molar-refractivity contribution in [3.05, 3.63) is 77.1 Å². The molecule has 1 amide bonds. The number of amides is 1. The van der Waals surface area contributed by atoms with Crippen LogP contribution in [0.25, 0.3) is 28.0 Å². The molecule has 5 rings (SSSR count). The number of H-pyrrole nitrogens is 1. The second-order valence-electron chi connectivity index (χ2n) is 6.82. The highest BCUT2D eigenvalue weighted by Gasteiger charge is 2.20. The van der Waals surface area contributed by atoms with Crippen molar-refractivity contribution in [1.82, 2.24) is 24.7 Å². The van der Waals surface area contributed by atoms with E-state index in [1.54, 1.807) is 0 Å². The fourth-order valence-corrected chi connectivity index (χ4v) is 4.70. The number of aromatic amines is 1. The van der Waals surface area contributed by atoms with Gasteiger partial charge in [0.15, 0.2) is 16.1 Å². The predicted molar refractivity (Wildman–Crippen MR) is 127 cm³/mol. The number of rotatable bonds is 7. The van der Waals surface area contributed by atoms with E-state index in [0.29, 0.717) is 11.0 Å². The highest BCUT2D eigenvalue weighted by atomic mass is 32.2. The Bertz CT molecular complexity index is 1460. The first-order valence-electron chi connectivity index (χ1n) is 9.70. The molecule has 164 valence electrons. The van der Waals surface area contributed by atoms with Gasteiger partial charge in [-0.05, 0) is 29.5 Å². The smallest absolute Gasteiger partial charge is 0.345 e. The molecule has 0 spiro atoms. The van der Waals surface area contributed by atoms with E-state index in [-0.39, 0.29) is 21.8 Å². The lowest BCUT2D eigenvalue weighted by molar-refractivity contribution is -0.380. The average Bonchev–Trinajstić information content (AvgIpc) is 3.56. The number of thiazole rings is 1. The molecule has 3 heterocycles. The summed E-state index contributed by atoms with van der Waals surface area (Å²) in [6, 6.07) is 17.6. The first-order valence-corrected chi connectivity index (χ1v) is 11.5. The summed E-state index contributed by atoms with van der Waals surface area (Å²) in [4.78, 5) is 29.8. The molecule has 0 atom stereocenters. The Hall–Kier alpha value is -4.03. The van der Waals surface area contributed by atoms with Gasteiger partial charge in [0.2, 0.25) is 5.91 Å². The van der Waals surface area contributed by atoms with Crippen LogP contribution >= 0.6 is 23.1 Å². The zero-order chi connectivity index (χ0) is 22.8. The molecule has 12 heteroatoms. The summed E-state index contributed by atoms with van der Waals surface area (Å²) in [7, 11) is 0. The van der Waals surface area contributed by atoms with E-state index < -0.39 is 4.92 Å². The lowest BCUT2D eigenvalue weighted by Gasteiger charge is -2.09. The Morgan fingerprint density at radius 1 is 1.15 bits per heavy atom. The standard InChI is InChI=1S/C21H15N7O3S2/c29-17(24-20-23-11-18(33-20)28(30)31)12-32-21-26-25-19(27(21)13-6-2-1-3-7-13)15-10-22-16-9-5-4-8-14(15)16/h1-11,22H,12H2,(H,23,24,29). The molecule has 0 bridgehead atoms. The van der Waals surface area contributed by atoms with Crippen molar-refractivity contribution < 1.29 is 9.72 Å². The number of carbonyl (C=O) groups excluding carboxylic acids is 1. The van der Waals surface area contributed by atoms with Gasteiger partial charge in [0, 0.05) is 28.4 Å². The van der Waals surface area contributed by atoms with Crippen LogP contribution in [0.2, 0.25) is 0 Å².